The Morgan fingerprint density at radius 2 is 1.96 bits per heavy atom. The van der Waals surface area contributed by atoms with Gasteiger partial charge in [0, 0.05) is 19.6 Å². The van der Waals surface area contributed by atoms with E-state index in [0.717, 1.165) is 43.6 Å². The largest absolute Gasteiger partial charge is 0.337 e. The van der Waals surface area contributed by atoms with E-state index < -0.39 is 0 Å². The van der Waals surface area contributed by atoms with Gasteiger partial charge in [-0.2, -0.15) is 11.3 Å². The zero-order valence-corrected chi connectivity index (χ0v) is 15.7. The maximum atomic E-state index is 13.2. The predicted molar refractivity (Wildman–Crippen MR) is 101 cm³/mol. The van der Waals surface area contributed by atoms with Crippen LogP contribution in [0.3, 0.4) is 0 Å². The van der Waals surface area contributed by atoms with Gasteiger partial charge in [-0.25, -0.2) is 0 Å². The van der Waals surface area contributed by atoms with E-state index in [4.69, 9.17) is 0 Å². The number of piperidine rings is 1. The minimum absolute atomic E-state index is 0.0584. The van der Waals surface area contributed by atoms with Gasteiger partial charge in [0.2, 0.25) is 5.91 Å². The summed E-state index contributed by atoms with van der Waals surface area (Å²) in [4.78, 5) is 30.5. The zero-order valence-electron chi connectivity index (χ0n) is 14.1. The number of likely N-dealkylation sites (tertiary alicyclic amines) is 2. The van der Waals surface area contributed by atoms with Crippen molar-refractivity contribution in [2.24, 2.45) is 5.92 Å². The number of nitrogens with zero attached hydrogens (tertiary/aromatic N) is 2. The zero-order chi connectivity index (χ0) is 17.2. The molecule has 2 aromatic rings. The first kappa shape index (κ1) is 16.8. The first-order chi connectivity index (χ1) is 12.2. The van der Waals surface area contributed by atoms with Crippen LogP contribution in [0.4, 0.5) is 0 Å². The van der Waals surface area contributed by atoms with Gasteiger partial charge in [-0.15, -0.1) is 11.3 Å². The molecule has 0 aliphatic carbocycles. The fourth-order valence-electron chi connectivity index (χ4n) is 4.00. The molecule has 2 fully saturated rings. The summed E-state index contributed by atoms with van der Waals surface area (Å²) in [7, 11) is 0. The maximum absolute atomic E-state index is 13.2. The number of amides is 2. The summed E-state index contributed by atoms with van der Waals surface area (Å²) < 4.78 is 0. The molecule has 4 rings (SSSR count). The fourth-order valence-corrected chi connectivity index (χ4v) is 5.39. The van der Waals surface area contributed by atoms with E-state index in [0.29, 0.717) is 6.54 Å². The molecular formula is C19H22N2O2S2. The van der Waals surface area contributed by atoms with Crippen molar-refractivity contribution in [3.8, 4) is 0 Å². The molecule has 6 heteroatoms. The Morgan fingerprint density at radius 1 is 1.08 bits per heavy atom. The molecule has 25 heavy (non-hydrogen) atoms. The molecule has 2 aliphatic heterocycles. The van der Waals surface area contributed by atoms with Gasteiger partial charge < -0.3 is 9.80 Å². The number of rotatable bonds is 3. The molecule has 0 N–H and O–H groups in total. The molecule has 0 saturated carbocycles. The summed E-state index contributed by atoms with van der Waals surface area (Å²) in [6, 6.07) is 6.13. The standard InChI is InChI=1S/C19H22N2O2S2/c22-18(21-9-2-5-16(21)15-7-11-24-13-15)14-4-1-8-20(12-14)19(23)17-6-3-10-25-17/h3,6-7,10-11,13-14,16H,1-2,4-5,8-9,12H2/t14-,16+/m1/s1. The Balaban J connectivity index is 1.45. The molecule has 0 radical (unpaired) electrons. The maximum Gasteiger partial charge on any atom is 0.263 e. The summed E-state index contributed by atoms with van der Waals surface area (Å²) >= 11 is 3.16. The van der Waals surface area contributed by atoms with Crippen molar-refractivity contribution in [3.05, 3.63) is 44.8 Å². The van der Waals surface area contributed by atoms with Crippen LogP contribution in [0.2, 0.25) is 0 Å². The van der Waals surface area contributed by atoms with Crippen molar-refractivity contribution >= 4 is 34.5 Å². The van der Waals surface area contributed by atoms with Crippen molar-refractivity contribution in [2.45, 2.75) is 31.7 Å². The number of thiophene rings is 2. The van der Waals surface area contributed by atoms with Gasteiger partial charge in [-0.1, -0.05) is 6.07 Å². The highest BCUT2D eigenvalue weighted by molar-refractivity contribution is 7.12. The second-order valence-electron chi connectivity index (χ2n) is 6.81. The summed E-state index contributed by atoms with van der Waals surface area (Å²) in [6.07, 6.45) is 3.91. The lowest BCUT2D eigenvalue weighted by Gasteiger charge is -2.35. The van der Waals surface area contributed by atoms with E-state index >= 15 is 0 Å². The van der Waals surface area contributed by atoms with Crippen molar-refractivity contribution < 1.29 is 9.59 Å². The molecular weight excluding hydrogens is 352 g/mol. The monoisotopic (exact) mass is 374 g/mol. The third-order valence-electron chi connectivity index (χ3n) is 5.25. The van der Waals surface area contributed by atoms with Gasteiger partial charge in [0.1, 0.15) is 0 Å². The molecule has 0 spiro atoms. The summed E-state index contributed by atoms with van der Waals surface area (Å²) in [5.41, 5.74) is 1.26. The minimum Gasteiger partial charge on any atom is -0.337 e. The molecule has 2 amide bonds. The quantitative estimate of drug-likeness (QED) is 0.814. The Labute approximate surface area is 156 Å². The molecule has 132 valence electrons. The topological polar surface area (TPSA) is 40.6 Å². The van der Waals surface area contributed by atoms with Crippen LogP contribution >= 0.6 is 22.7 Å². The number of carbonyl (C=O) groups excluding carboxylic acids is 2. The number of carbonyl (C=O) groups is 2. The van der Waals surface area contributed by atoms with Crippen molar-refractivity contribution in [2.75, 3.05) is 19.6 Å². The van der Waals surface area contributed by atoms with Gasteiger partial charge in [0.15, 0.2) is 0 Å². The highest BCUT2D eigenvalue weighted by Crippen LogP contribution is 2.35. The van der Waals surface area contributed by atoms with E-state index in [1.165, 1.54) is 16.9 Å². The van der Waals surface area contributed by atoms with Crippen LogP contribution in [0, 0.1) is 5.92 Å². The highest BCUT2D eigenvalue weighted by Gasteiger charge is 2.37. The fraction of sp³-hybridized carbons (Fsp3) is 0.474. The first-order valence-electron chi connectivity index (χ1n) is 8.89. The second-order valence-corrected chi connectivity index (χ2v) is 8.54. The molecule has 2 aromatic heterocycles. The molecule has 0 aromatic carbocycles. The molecule has 2 saturated heterocycles. The minimum atomic E-state index is -0.0584. The summed E-state index contributed by atoms with van der Waals surface area (Å²) in [5, 5.41) is 6.16. The number of hydrogen-bond acceptors (Lipinski definition) is 4. The number of hydrogen-bond donors (Lipinski definition) is 0. The van der Waals surface area contributed by atoms with E-state index in [-0.39, 0.29) is 23.8 Å². The molecule has 0 unspecified atom stereocenters. The Hall–Kier alpha value is -1.66. The van der Waals surface area contributed by atoms with Gasteiger partial charge in [-0.05, 0) is 59.5 Å². The normalized spacial score (nSPS) is 23.8. The Morgan fingerprint density at radius 3 is 2.72 bits per heavy atom. The van der Waals surface area contributed by atoms with Crippen LogP contribution in [-0.2, 0) is 4.79 Å². The smallest absolute Gasteiger partial charge is 0.263 e. The van der Waals surface area contributed by atoms with E-state index in [1.807, 2.05) is 22.4 Å². The molecule has 0 bridgehead atoms. The van der Waals surface area contributed by atoms with Gasteiger partial charge in [0.25, 0.3) is 5.91 Å². The average Bonchev–Trinajstić information content (AvgIpc) is 3.42. The van der Waals surface area contributed by atoms with Crippen LogP contribution < -0.4 is 0 Å². The highest BCUT2D eigenvalue weighted by atomic mass is 32.1. The lowest BCUT2D eigenvalue weighted by atomic mass is 9.95. The van der Waals surface area contributed by atoms with Gasteiger partial charge in [0.05, 0.1) is 16.8 Å². The van der Waals surface area contributed by atoms with Crippen LogP contribution in [0.1, 0.15) is 47.0 Å². The van der Waals surface area contributed by atoms with Crippen LogP contribution in [-0.4, -0.2) is 41.2 Å². The van der Waals surface area contributed by atoms with E-state index in [9.17, 15) is 9.59 Å². The third kappa shape index (κ3) is 3.37. The summed E-state index contributed by atoms with van der Waals surface area (Å²) in [6.45, 7) is 2.16. The van der Waals surface area contributed by atoms with Crippen LogP contribution in [0.5, 0.6) is 0 Å². The van der Waals surface area contributed by atoms with E-state index in [2.05, 4.69) is 21.7 Å². The van der Waals surface area contributed by atoms with Crippen molar-refractivity contribution in [3.63, 3.8) is 0 Å². The molecule has 2 atom stereocenters. The lowest BCUT2D eigenvalue weighted by molar-refractivity contribution is -0.137. The second kappa shape index (κ2) is 7.30. The van der Waals surface area contributed by atoms with Crippen LogP contribution in [0.15, 0.2) is 34.3 Å². The Kier molecular flexibility index (Phi) is 4.90. The SMILES string of the molecule is O=C(c1cccs1)N1CCC[C@@H](C(=O)N2CCC[C@H]2c2ccsc2)C1. The van der Waals surface area contributed by atoms with Gasteiger partial charge in [-0.3, -0.25) is 9.59 Å². The molecule has 4 nitrogen and oxygen atoms in total. The predicted octanol–water partition coefficient (Wildman–Crippen LogP) is 4.03. The molecule has 2 aliphatic rings. The van der Waals surface area contributed by atoms with Crippen molar-refractivity contribution in [1.29, 1.82) is 0 Å². The van der Waals surface area contributed by atoms with Crippen molar-refractivity contribution in [1.82, 2.24) is 9.80 Å². The third-order valence-corrected chi connectivity index (χ3v) is 6.81. The van der Waals surface area contributed by atoms with Crippen LogP contribution in [0.25, 0.3) is 0 Å². The Bertz CT molecular complexity index is 727. The first-order valence-corrected chi connectivity index (χ1v) is 10.7. The average molecular weight is 375 g/mol. The van der Waals surface area contributed by atoms with Gasteiger partial charge >= 0.3 is 0 Å². The molecule has 4 heterocycles. The summed E-state index contributed by atoms with van der Waals surface area (Å²) in [5.74, 6) is 0.248. The van der Waals surface area contributed by atoms with E-state index in [1.54, 1.807) is 11.3 Å². The lowest BCUT2D eigenvalue weighted by Crippen LogP contribution is -2.46.